The average Bonchev–Trinajstić information content (AvgIpc) is 2.86. The van der Waals surface area contributed by atoms with Gasteiger partial charge >= 0.3 is 0 Å². The molecule has 1 saturated heterocycles. The Morgan fingerprint density at radius 1 is 1.42 bits per heavy atom. The van der Waals surface area contributed by atoms with Gasteiger partial charge in [-0.2, -0.15) is 0 Å². The number of likely N-dealkylation sites (N-methyl/N-ethyl adjacent to an activating group) is 1. The van der Waals surface area contributed by atoms with Gasteiger partial charge in [0.25, 0.3) is 0 Å². The quantitative estimate of drug-likeness (QED) is 0.891. The van der Waals surface area contributed by atoms with Crippen molar-refractivity contribution in [1.29, 1.82) is 0 Å². The molecule has 1 amide bonds. The van der Waals surface area contributed by atoms with Gasteiger partial charge in [0.2, 0.25) is 5.91 Å². The molecule has 0 aliphatic carbocycles. The second-order valence-electron chi connectivity index (χ2n) is 5.27. The Kier molecular flexibility index (Phi) is 4.43. The van der Waals surface area contributed by atoms with Gasteiger partial charge in [-0.1, -0.05) is 18.2 Å². The maximum atomic E-state index is 11.9. The molecule has 4 heteroatoms. The molecule has 1 heterocycles. The first-order valence-electron chi connectivity index (χ1n) is 6.84. The van der Waals surface area contributed by atoms with Crippen LogP contribution in [0.2, 0.25) is 0 Å². The summed E-state index contributed by atoms with van der Waals surface area (Å²) in [5, 5.41) is 2.77. The molecule has 0 bridgehead atoms. The highest BCUT2D eigenvalue weighted by Gasteiger charge is 2.30. The molecular weight excluding hydrogens is 238 g/mol. The zero-order valence-corrected chi connectivity index (χ0v) is 12.0. The zero-order valence-electron chi connectivity index (χ0n) is 12.0. The standard InChI is InChI=1S/C15H23N3O/c1-16-15(19)14-9-6-10-18(14)11-12-7-4-5-8-13(12)17(2)3/h4-5,7-8,14H,6,9-11H2,1-3H3,(H,16,19). The predicted octanol–water partition coefficient (Wildman–Crippen LogP) is 1.46. The Hall–Kier alpha value is -1.55. The maximum Gasteiger partial charge on any atom is 0.237 e. The van der Waals surface area contributed by atoms with Crippen molar-refractivity contribution >= 4 is 11.6 Å². The number of hydrogen-bond donors (Lipinski definition) is 1. The summed E-state index contributed by atoms with van der Waals surface area (Å²) in [6.45, 7) is 1.84. The number of likely N-dealkylation sites (tertiary alicyclic amines) is 1. The van der Waals surface area contributed by atoms with Crippen molar-refractivity contribution in [3.8, 4) is 0 Å². The van der Waals surface area contributed by atoms with E-state index in [0.717, 1.165) is 25.9 Å². The van der Waals surface area contributed by atoms with Crippen molar-refractivity contribution in [2.75, 3.05) is 32.6 Å². The van der Waals surface area contributed by atoms with E-state index in [4.69, 9.17) is 0 Å². The third-order valence-electron chi connectivity index (χ3n) is 3.76. The van der Waals surface area contributed by atoms with E-state index in [1.54, 1.807) is 7.05 Å². The normalized spacial score (nSPS) is 19.4. The van der Waals surface area contributed by atoms with E-state index in [2.05, 4.69) is 53.5 Å². The second-order valence-corrected chi connectivity index (χ2v) is 5.27. The molecule has 1 aliphatic heterocycles. The van der Waals surface area contributed by atoms with E-state index in [1.807, 2.05) is 0 Å². The Labute approximate surface area is 115 Å². The van der Waals surface area contributed by atoms with Crippen molar-refractivity contribution < 1.29 is 4.79 Å². The number of anilines is 1. The molecule has 1 atom stereocenters. The first-order valence-corrected chi connectivity index (χ1v) is 6.84. The Morgan fingerprint density at radius 2 is 2.16 bits per heavy atom. The van der Waals surface area contributed by atoms with Crippen LogP contribution < -0.4 is 10.2 Å². The summed E-state index contributed by atoms with van der Waals surface area (Å²) in [4.78, 5) is 16.3. The predicted molar refractivity (Wildman–Crippen MR) is 78.3 cm³/mol. The largest absolute Gasteiger partial charge is 0.377 e. The van der Waals surface area contributed by atoms with Gasteiger partial charge in [0.05, 0.1) is 6.04 Å². The summed E-state index contributed by atoms with van der Waals surface area (Å²) < 4.78 is 0. The molecule has 4 nitrogen and oxygen atoms in total. The molecule has 1 aliphatic rings. The van der Waals surface area contributed by atoms with E-state index < -0.39 is 0 Å². The Balaban J connectivity index is 2.14. The number of amides is 1. The lowest BCUT2D eigenvalue weighted by atomic mass is 10.1. The summed E-state index contributed by atoms with van der Waals surface area (Å²) in [7, 11) is 5.82. The van der Waals surface area contributed by atoms with Gasteiger partial charge < -0.3 is 10.2 Å². The summed E-state index contributed by atoms with van der Waals surface area (Å²) in [6.07, 6.45) is 2.06. The highest BCUT2D eigenvalue weighted by molar-refractivity contribution is 5.81. The summed E-state index contributed by atoms with van der Waals surface area (Å²) in [5.41, 5.74) is 2.51. The fourth-order valence-electron chi connectivity index (χ4n) is 2.78. The first kappa shape index (κ1) is 13.9. The number of para-hydroxylation sites is 1. The van der Waals surface area contributed by atoms with Crippen molar-refractivity contribution in [3.63, 3.8) is 0 Å². The average molecular weight is 261 g/mol. The molecule has 0 spiro atoms. The smallest absolute Gasteiger partial charge is 0.237 e. The van der Waals surface area contributed by atoms with Gasteiger partial charge in [0, 0.05) is 33.4 Å². The van der Waals surface area contributed by atoms with Crippen molar-refractivity contribution in [2.24, 2.45) is 0 Å². The first-order chi connectivity index (χ1) is 9.13. The number of hydrogen-bond acceptors (Lipinski definition) is 3. The molecule has 1 N–H and O–H groups in total. The third-order valence-corrected chi connectivity index (χ3v) is 3.76. The van der Waals surface area contributed by atoms with Crippen LogP contribution in [0.25, 0.3) is 0 Å². The SMILES string of the molecule is CNC(=O)C1CCCN1Cc1ccccc1N(C)C. The Morgan fingerprint density at radius 3 is 2.84 bits per heavy atom. The Bertz CT molecular complexity index is 445. The lowest BCUT2D eigenvalue weighted by molar-refractivity contribution is -0.125. The molecule has 1 aromatic rings. The summed E-state index contributed by atoms with van der Waals surface area (Å²) in [5.74, 6) is 0.139. The van der Waals surface area contributed by atoms with E-state index in [9.17, 15) is 4.79 Å². The number of rotatable bonds is 4. The van der Waals surface area contributed by atoms with Crippen molar-refractivity contribution in [3.05, 3.63) is 29.8 Å². The van der Waals surface area contributed by atoms with E-state index in [0.29, 0.717) is 0 Å². The van der Waals surface area contributed by atoms with E-state index in [-0.39, 0.29) is 11.9 Å². The van der Waals surface area contributed by atoms with Crippen LogP contribution in [0, 0.1) is 0 Å². The van der Waals surface area contributed by atoms with Gasteiger partial charge in [-0.05, 0) is 31.0 Å². The topological polar surface area (TPSA) is 35.6 Å². The van der Waals surface area contributed by atoms with Gasteiger partial charge in [-0.3, -0.25) is 9.69 Å². The van der Waals surface area contributed by atoms with Gasteiger partial charge in [0.1, 0.15) is 0 Å². The van der Waals surface area contributed by atoms with E-state index in [1.165, 1.54) is 11.3 Å². The van der Waals surface area contributed by atoms with Crippen LogP contribution in [0.4, 0.5) is 5.69 Å². The van der Waals surface area contributed by atoms with Crippen molar-refractivity contribution in [1.82, 2.24) is 10.2 Å². The maximum absolute atomic E-state index is 11.9. The molecule has 1 fully saturated rings. The number of carbonyl (C=O) groups excluding carboxylic acids is 1. The second kappa shape index (κ2) is 6.06. The van der Waals surface area contributed by atoms with Gasteiger partial charge in [0.15, 0.2) is 0 Å². The zero-order chi connectivity index (χ0) is 13.8. The van der Waals surface area contributed by atoms with Crippen LogP contribution in [-0.2, 0) is 11.3 Å². The minimum Gasteiger partial charge on any atom is -0.377 e. The molecule has 1 unspecified atom stereocenters. The van der Waals surface area contributed by atoms with Crippen molar-refractivity contribution in [2.45, 2.75) is 25.4 Å². The fraction of sp³-hybridized carbons (Fsp3) is 0.533. The number of nitrogens with zero attached hydrogens (tertiary/aromatic N) is 2. The summed E-state index contributed by atoms with van der Waals surface area (Å²) >= 11 is 0. The minimum absolute atomic E-state index is 0.0280. The molecular formula is C15H23N3O. The fourth-order valence-corrected chi connectivity index (χ4v) is 2.78. The molecule has 19 heavy (non-hydrogen) atoms. The molecule has 2 rings (SSSR count). The van der Waals surface area contributed by atoms with Crippen LogP contribution in [0.15, 0.2) is 24.3 Å². The third kappa shape index (κ3) is 3.07. The lowest BCUT2D eigenvalue weighted by Crippen LogP contribution is -2.41. The molecule has 1 aromatic carbocycles. The number of nitrogens with one attached hydrogen (secondary N) is 1. The molecule has 104 valence electrons. The molecule has 0 saturated carbocycles. The van der Waals surface area contributed by atoms with Crippen LogP contribution >= 0.6 is 0 Å². The van der Waals surface area contributed by atoms with E-state index >= 15 is 0 Å². The summed E-state index contributed by atoms with van der Waals surface area (Å²) in [6, 6.07) is 8.42. The minimum atomic E-state index is 0.0280. The van der Waals surface area contributed by atoms with Gasteiger partial charge in [-0.25, -0.2) is 0 Å². The number of carbonyl (C=O) groups is 1. The number of benzene rings is 1. The van der Waals surface area contributed by atoms with Crippen LogP contribution in [0.3, 0.4) is 0 Å². The van der Waals surface area contributed by atoms with Crippen LogP contribution in [0.5, 0.6) is 0 Å². The molecule has 0 aromatic heterocycles. The lowest BCUT2D eigenvalue weighted by Gasteiger charge is -2.25. The van der Waals surface area contributed by atoms with Gasteiger partial charge in [-0.15, -0.1) is 0 Å². The highest BCUT2D eigenvalue weighted by Crippen LogP contribution is 2.25. The highest BCUT2D eigenvalue weighted by atomic mass is 16.2. The van der Waals surface area contributed by atoms with Crippen LogP contribution in [-0.4, -0.2) is 44.5 Å². The monoisotopic (exact) mass is 261 g/mol. The van der Waals surface area contributed by atoms with Crippen LogP contribution in [0.1, 0.15) is 18.4 Å². The molecule has 0 radical (unpaired) electrons.